The molecule has 5 nitrogen and oxygen atoms in total. The second-order valence-corrected chi connectivity index (χ2v) is 5.78. The van der Waals surface area contributed by atoms with Gasteiger partial charge in [-0.05, 0) is 56.2 Å². The number of nitrogens with one attached hydrogen (secondary N) is 1. The zero-order chi connectivity index (χ0) is 16.2. The molecule has 0 aliphatic carbocycles. The van der Waals surface area contributed by atoms with Gasteiger partial charge < -0.3 is 9.47 Å². The molecule has 1 aromatic carbocycles. The summed E-state index contributed by atoms with van der Waals surface area (Å²) in [5, 5.41) is 2.70. The number of amides is 1. The molecule has 0 bridgehead atoms. The highest BCUT2D eigenvalue weighted by Gasteiger charge is 2.17. The van der Waals surface area contributed by atoms with Gasteiger partial charge in [0.15, 0.2) is 0 Å². The van der Waals surface area contributed by atoms with Crippen molar-refractivity contribution in [1.82, 2.24) is 4.98 Å². The molecule has 0 aliphatic rings. The summed E-state index contributed by atoms with van der Waals surface area (Å²) in [6.45, 7) is 5.45. The Morgan fingerprint density at radius 1 is 1.09 bits per heavy atom. The van der Waals surface area contributed by atoms with Crippen LogP contribution in [0, 0.1) is 0 Å². The second kappa shape index (κ2) is 6.47. The first-order valence-corrected chi connectivity index (χ1v) is 6.97. The molecule has 22 heavy (non-hydrogen) atoms. The number of carbonyl (C=O) groups is 1. The number of hydrogen-bond acceptors (Lipinski definition) is 4. The van der Waals surface area contributed by atoms with Gasteiger partial charge in [-0.1, -0.05) is 6.07 Å². The van der Waals surface area contributed by atoms with Gasteiger partial charge in [0.2, 0.25) is 0 Å². The summed E-state index contributed by atoms with van der Waals surface area (Å²) in [5.41, 5.74) is 2.02. The number of aromatic nitrogens is 1. The third kappa shape index (κ3) is 4.22. The van der Waals surface area contributed by atoms with E-state index in [4.69, 9.17) is 9.47 Å². The van der Waals surface area contributed by atoms with E-state index < -0.39 is 11.7 Å². The molecule has 0 aliphatic heterocycles. The van der Waals surface area contributed by atoms with E-state index >= 15 is 0 Å². The Morgan fingerprint density at radius 3 is 2.36 bits per heavy atom. The summed E-state index contributed by atoms with van der Waals surface area (Å²) >= 11 is 0. The Bertz CT molecular complexity index is 649. The molecule has 1 N–H and O–H groups in total. The van der Waals surface area contributed by atoms with Crippen LogP contribution >= 0.6 is 0 Å². The topological polar surface area (TPSA) is 60.5 Å². The maximum Gasteiger partial charge on any atom is 0.412 e. The molecule has 0 saturated carbocycles. The third-order valence-corrected chi connectivity index (χ3v) is 2.85. The van der Waals surface area contributed by atoms with Crippen LogP contribution in [-0.4, -0.2) is 23.8 Å². The summed E-state index contributed by atoms with van der Waals surface area (Å²) in [6.07, 6.45) is 2.95. The smallest absolute Gasteiger partial charge is 0.412 e. The molecule has 0 spiro atoms. The minimum absolute atomic E-state index is 0.512. The van der Waals surface area contributed by atoms with Crippen LogP contribution in [-0.2, 0) is 4.74 Å². The quantitative estimate of drug-likeness (QED) is 0.927. The Hall–Kier alpha value is -2.56. The van der Waals surface area contributed by atoms with Crippen molar-refractivity contribution in [1.29, 1.82) is 0 Å². The highest BCUT2D eigenvalue weighted by molar-refractivity contribution is 5.88. The predicted octanol–water partition coefficient (Wildman–Crippen LogP) is 4.10. The van der Waals surface area contributed by atoms with Crippen molar-refractivity contribution in [3.05, 3.63) is 42.7 Å². The van der Waals surface area contributed by atoms with Crippen LogP contribution in [0.2, 0.25) is 0 Å². The van der Waals surface area contributed by atoms with E-state index in [2.05, 4.69) is 10.3 Å². The zero-order valence-electron chi connectivity index (χ0n) is 13.2. The molecular weight excluding hydrogens is 280 g/mol. The van der Waals surface area contributed by atoms with Crippen molar-refractivity contribution in [2.75, 3.05) is 12.4 Å². The number of benzene rings is 1. The van der Waals surface area contributed by atoms with Crippen LogP contribution < -0.4 is 10.1 Å². The van der Waals surface area contributed by atoms with Gasteiger partial charge in [-0.3, -0.25) is 10.3 Å². The fourth-order valence-corrected chi connectivity index (χ4v) is 1.93. The lowest BCUT2D eigenvalue weighted by atomic mass is 10.1. The molecule has 2 rings (SSSR count). The van der Waals surface area contributed by atoms with Gasteiger partial charge in [0, 0.05) is 12.4 Å². The molecule has 0 atom stereocenters. The Morgan fingerprint density at radius 2 is 1.77 bits per heavy atom. The van der Waals surface area contributed by atoms with Gasteiger partial charge >= 0.3 is 6.09 Å². The molecule has 1 aromatic heterocycles. The van der Waals surface area contributed by atoms with Crippen LogP contribution in [0.5, 0.6) is 5.75 Å². The van der Waals surface area contributed by atoms with Crippen LogP contribution in [0.1, 0.15) is 20.8 Å². The van der Waals surface area contributed by atoms with Gasteiger partial charge in [-0.15, -0.1) is 0 Å². The molecule has 0 fully saturated rings. The minimum atomic E-state index is -0.547. The Labute approximate surface area is 130 Å². The van der Waals surface area contributed by atoms with E-state index in [1.807, 2.05) is 45.0 Å². The first-order valence-electron chi connectivity index (χ1n) is 6.97. The number of pyridine rings is 1. The molecule has 0 radical (unpaired) electrons. The zero-order valence-corrected chi connectivity index (χ0v) is 13.2. The molecule has 1 heterocycles. The molecule has 1 amide bonds. The minimum Gasteiger partial charge on any atom is -0.495 e. The number of rotatable bonds is 3. The Kier molecular flexibility index (Phi) is 4.65. The van der Waals surface area contributed by atoms with Crippen molar-refractivity contribution in [3.8, 4) is 16.9 Å². The lowest BCUT2D eigenvalue weighted by molar-refractivity contribution is 0.0635. The predicted molar refractivity (Wildman–Crippen MR) is 86.1 cm³/mol. The lowest BCUT2D eigenvalue weighted by Gasteiger charge is -2.20. The molecule has 5 heteroatoms. The fraction of sp³-hybridized carbons (Fsp3) is 0.294. The number of ether oxygens (including phenoxy) is 2. The number of carbonyl (C=O) groups excluding carboxylic acids is 1. The van der Waals surface area contributed by atoms with E-state index in [9.17, 15) is 4.79 Å². The number of hydrogen-bond donors (Lipinski definition) is 1. The van der Waals surface area contributed by atoms with E-state index in [1.54, 1.807) is 25.6 Å². The summed E-state index contributed by atoms with van der Waals surface area (Å²) in [6, 6.07) is 9.39. The van der Waals surface area contributed by atoms with Gasteiger partial charge in [0.25, 0.3) is 0 Å². The first kappa shape index (κ1) is 15.8. The average molecular weight is 300 g/mol. The fourth-order valence-electron chi connectivity index (χ4n) is 1.93. The van der Waals surface area contributed by atoms with Gasteiger partial charge in [-0.25, -0.2) is 4.79 Å². The lowest BCUT2D eigenvalue weighted by Crippen LogP contribution is -2.27. The molecule has 0 saturated heterocycles. The molecular formula is C17H20N2O3. The third-order valence-electron chi connectivity index (χ3n) is 2.85. The van der Waals surface area contributed by atoms with Crippen molar-refractivity contribution in [2.45, 2.75) is 26.4 Å². The maximum atomic E-state index is 11.9. The second-order valence-electron chi connectivity index (χ2n) is 5.78. The number of anilines is 1. The van der Waals surface area contributed by atoms with E-state index in [-0.39, 0.29) is 0 Å². The van der Waals surface area contributed by atoms with Crippen molar-refractivity contribution >= 4 is 11.8 Å². The van der Waals surface area contributed by atoms with Crippen molar-refractivity contribution in [3.63, 3.8) is 0 Å². The highest BCUT2D eigenvalue weighted by Crippen LogP contribution is 2.30. The largest absolute Gasteiger partial charge is 0.495 e. The standard InChI is InChI=1S/C17H20N2O3/c1-17(2,3)22-16(20)19-14-6-5-13(11-15(14)21-4)12-7-9-18-10-8-12/h5-11H,1-4H3,(H,19,20). The van der Waals surface area contributed by atoms with Gasteiger partial charge in [-0.2, -0.15) is 0 Å². The van der Waals surface area contributed by atoms with Crippen LogP contribution in [0.25, 0.3) is 11.1 Å². The van der Waals surface area contributed by atoms with Crippen molar-refractivity contribution in [2.24, 2.45) is 0 Å². The van der Waals surface area contributed by atoms with Gasteiger partial charge in [0.05, 0.1) is 12.8 Å². The van der Waals surface area contributed by atoms with E-state index in [0.29, 0.717) is 11.4 Å². The van der Waals surface area contributed by atoms with E-state index in [1.165, 1.54) is 0 Å². The summed E-state index contributed by atoms with van der Waals surface area (Å²) in [7, 11) is 1.56. The molecule has 116 valence electrons. The normalized spacial score (nSPS) is 10.9. The average Bonchev–Trinajstić information content (AvgIpc) is 2.46. The first-order chi connectivity index (χ1) is 10.4. The van der Waals surface area contributed by atoms with Crippen LogP contribution in [0.15, 0.2) is 42.7 Å². The van der Waals surface area contributed by atoms with Crippen LogP contribution in [0.4, 0.5) is 10.5 Å². The summed E-state index contributed by atoms with van der Waals surface area (Å²) in [4.78, 5) is 15.9. The molecule has 0 unspecified atom stereocenters. The van der Waals surface area contributed by atoms with E-state index in [0.717, 1.165) is 11.1 Å². The SMILES string of the molecule is COc1cc(-c2ccncc2)ccc1NC(=O)OC(C)(C)C. The number of nitrogens with zero attached hydrogens (tertiary/aromatic N) is 1. The summed E-state index contributed by atoms with van der Waals surface area (Å²) < 4.78 is 10.6. The Balaban J connectivity index is 2.22. The van der Waals surface area contributed by atoms with Gasteiger partial charge in [0.1, 0.15) is 11.4 Å². The highest BCUT2D eigenvalue weighted by atomic mass is 16.6. The maximum absolute atomic E-state index is 11.9. The molecule has 2 aromatic rings. The number of methoxy groups -OCH3 is 1. The van der Waals surface area contributed by atoms with Crippen LogP contribution in [0.3, 0.4) is 0 Å². The summed E-state index contributed by atoms with van der Waals surface area (Å²) in [5.74, 6) is 0.570. The monoisotopic (exact) mass is 300 g/mol. The van der Waals surface area contributed by atoms with Crippen molar-refractivity contribution < 1.29 is 14.3 Å².